The first kappa shape index (κ1) is 18.1. The maximum atomic E-state index is 9.10. The van der Waals surface area contributed by atoms with Crippen molar-refractivity contribution in [1.29, 1.82) is 0 Å². The summed E-state index contributed by atoms with van der Waals surface area (Å²) in [6, 6.07) is 12.0. The maximum Gasteiger partial charge on any atom is 0.414 e. The third-order valence-electron chi connectivity index (χ3n) is 2.74. The smallest absolute Gasteiger partial charge is 0.414 e. The topological polar surface area (TPSA) is 109 Å². The van der Waals surface area contributed by atoms with Crippen molar-refractivity contribution in [2.75, 3.05) is 7.11 Å². The summed E-state index contributed by atoms with van der Waals surface area (Å²) >= 11 is 0. The summed E-state index contributed by atoms with van der Waals surface area (Å²) in [5.74, 6) is -2.73. The van der Waals surface area contributed by atoms with E-state index in [1.165, 1.54) is 11.1 Å². The van der Waals surface area contributed by atoms with Crippen molar-refractivity contribution in [3.8, 4) is 5.75 Å². The Morgan fingerprint density at radius 3 is 2.35 bits per heavy atom. The Kier molecular flexibility index (Phi) is 7.81. The molecule has 1 aromatic heterocycles. The van der Waals surface area contributed by atoms with Crippen molar-refractivity contribution in [3.63, 3.8) is 0 Å². The van der Waals surface area contributed by atoms with Crippen LogP contribution in [0.15, 0.2) is 48.8 Å². The molecule has 122 valence electrons. The van der Waals surface area contributed by atoms with Crippen molar-refractivity contribution >= 4 is 11.9 Å². The number of methoxy groups -OCH3 is 1. The molecule has 0 fully saturated rings. The summed E-state index contributed by atoms with van der Waals surface area (Å²) in [6.45, 7) is 1.60. The number of para-hydroxylation sites is 1. The second-order valence-electron chi connectivity index (χ2n) is 4.39. The zero-order valence-corrected chi connectivity index (χ0v) is 12.6. The van der Waals surface area contributed by atoms with Crippen molar-refractivity contribution in [3.05, 3.63) is 59.9 Å². The predicted octanol–water partition coefficient (Wildman–Crippen LogP) is 1.54. The molecule has 0 unspecified atom stereocenters. The molecule has 7 nitrogen and oxygen atoms in total. The number of benzene rings is 1. The van der Waals surface area contributed by atoms with Crippen LogP contribution in [0.2, 0.25) is 0 Å². The van der Waals surface area contributed by atoms with Gasteiger partial charge in [-0.15, -0.1) is 0 Å². The van der Waals surface area contributed by atoms with Crippen LogP contribution in [-0.2, 0) is 22.7 Å². The van der Waals surface area contributed by atoms with Gasteiger partial charge in [0.05, 0.1) is 7.11 Å². The molecule has 0 aliphatic carbocycles. The second-order valence-corrected chi connectivity index (χ2v) is 4.39. The molecule has 2 rings (SSSR count). The molecule has 0 bridgehead atoms. The molecule has 0 aliphatic heterocycles. The number of hydrogen-bond acceptors (Lipinski definition) is 5. The van der Waals surface area contributed by atoms with Gasteiger partial charge in [0, 0.05) is 31.0 Å². The first-order chi connectivity index (χ1) is 11.0. The number of ether oxygens (including phenoxy) is 1. The molecular weight excluding hydrogens is 300 g/mol. The molecule has 0 radical (unpaired) electrons. The Hall–Kier alpha value is -2.93. The van der Waals surface area contributed by atoms with Gasteiger partial charge in [-0.05, 0) is 17.7 Å². The Bertz CT molecular complexity index is 619. The number of pyridine rings is 1. The Labute approximate surface area is 133 Å². The molecule has 0 spiro atoms. The van der Waals surface area contributed by atoms with Crippen molar-refractivity contribution in [1.82, 2.24) is 10.3 Å². The summed E-state index contributed by atoms with van der Waals surface area (Å²) < 4.78 is 5.30. The first-order valence-electron chi connectivity index (χ1n) is 6.72. The van der Waals surface area contributed by atoms with E-state index < -0.39 is 11.9 Å². The minimum absolute atomic E-state index is 0.791. The number of aromatic nitrogens is 1. The monoisotopic (exact) mass is 318 g/mol. The number of carboxylic acid groups (broad SMARTS) is 2. The normalized spacial score (nSPS) is 9.43. The van der Waals surface area contributed by atoms with E-state index in [-0.39, 0.29) is 0 Å². The average Bonchev–Trinajstić information content (AvgIpc) is 2.57. The minimum Gasteiger partial charge on any atom is -0.496 e. The zero-order chi connectivity index (χ0) is 17.1. The number of rotatable bonds is 5. The van der Waals surface area contributed by atoms with Crippen LogP contribution in [-0.4, -0.2) is 34.2 Å². The standard InChI is InChI=1S/C14H16N2O.C2H2O4/c1-17-14-7-3-2-6-13(14)11-16-10-12-5-4-8-15-9-12;3-1(4)2(5)6/h2-9,16H,10-11H2,1H3;(H,3,4)(H,5,6). The van der Waals surface area contributed by atoms with Gasteiger partial charge < -0.3 is 20.3 Å². The number of carbonyl (C=O) groups is 2. The summed E-state index contributed by atoms with van der Waals surface area (Å²) in [4.78, 5) is 22.3. The molecule has 0 saturated carbocycles. The first-order valence-corrected chi connectivity index (χ1v) is 6.72. The molecule has 0 amide bonds. The summed E-state index contributed by atoms with van der Waals surface area (Å²) in [6.07, 6.45) is 3.65. The molecule has 0 saturated heterocycles. The Morgan fingerprint density at radius 2 is 1.78 bits per heavy atom. The highest BCUT2D eigenvalue weighted by molar-refractivity contribution is 6.27. The molecule has 7 heteroatoms. The van der Waals surface area contributed by atoms with E-state index in [1.54, 1.807) is 13.3 Å². The van der Waals surface area contributed by atoms with Crippen LogP contribution in [0.1, 0.15) is 11.1 Å². The van der Waals surface area contributed by atoms with E-state index in [9.17, 15) is 0 Å². The molecule has 23 heavy (non-hydrogen) atoms. The fourth-order valence-electron chi connectivity index (χ4n) is 1.69. The van der Waals surface area contributed by atoms with Crippen molar-refractivity contribution in [2.24, 2.45) is 0 Å². The van der Waals surface area contributed by atoms with Gasteiger partial charge in [0.2, 0.25) is 0 Å². The maximum absolute atomic E-state index is 9.10. The molecule has 1 aromatic carbocycles. The van der Waals surface area contributed by atoms with Gasteiger partial charge in [0.1, 0.15) is 5.75 Å². The lowest BCUT2D eigenvalue weighted by molar-refractivity contribution is -0.159. The number of hydrogen-bond donors (Lipinski definition) is 3. The lowest BCUT2D eigenvalue weighted by Gasteiger charge is -2.09. The third-order valence-corrected chi connectivity index (χ3v) is 2.74. The van der Waals surface area contributed by atoms with E-state index in [1.807, 2.05) is 30.5 Å². The molecule has 1 heterocycles. The Morgan fingerprint density at radius 1 is 1.09 bits per heavy atom. The van der Waals surface area contributed by atoms with Crippen LogP contribution in [0, 0.1) is 0 Å². The molecular formula is C16H18N2O5. The predicted molar refractivity (Wildman–Crippen MR) is 83.0 cm³/mol. The van der Waals surface area contributed by atoms with Gasteiger partial charge in [-0.3, -0.25) is 4.98 Å². The highest BCUT2D eigenvalue weighted by Crippen LogP contribution is 2.16. The number of aliphatic carboxylic acids is 2. The van der Waals surface area contributed by atoms with Crippen molar-refractivity contribution in [2.45, 2.75) is 13.1 Å². The van der Waals surface area contributed by atoms with Crippen LogP contribution >= 0.6 is 0 Å². The third kappa shape index (κ3) is 7.05. The summed E-state index contributed by atoms with van der Waals surface area (Å²) in [5.41, 5.74) is 2.35. The molecule has 0 aliphatic rings. The lowest BCUT2D eigenvalue weighted by Crippen LogP contribution is -2.13. The van der Waals surface area contributed by atoms with E-state index >= 15 is 0 Å². The number of nitrogens with zero attached hydrogens (tertiary/aromatic N) is 1. The summed E-state index contributed by atoms with van der Waals surface area (Å²) in [7, 11) is 1.69. The quantitative estimate of drug-likeness (QED) is 0.717. The van der Waals surface area contributed by atoms with Crippen LogP contribution in [0.4, 0.5) is 0 Å². The van der Waals surface area contributed by atoms with Crippen LogP contribution in [0.25, 0.3) is 0 Å². The highest BCUT2D eigenvalue weighted by atomic mass is 16.5. The van der Waals surface area contributed by atoms with Crippen molar-refractivity contribution < 1.29 is 24.5 Å². The van der Waals surface area contributed by atoms with Crippen LogP contribution in [0.5, 0.6) is 5.75 Å². The average molecular weight is 318 g/mol. The van der Waals surface area contributed by atoms with Gasteiger partial charge in [-0.25, -0.2) is 9.59 Å². The highest BCUT2D eigenvalue weighted by Gasteiger charge is 2.04. The fourth-order valence-corrected chi connectivity index (χ4v) is 1.69. The van der Waals surface area contributed by atoms with Gasteiger partial charge >= 0.3 is 11.9 Å². The van der Waals surface area contributed by atoms with Gasteiger partial charge in [0.25, 0.3) is 0 Å². The lowest BCUT2D eigenvalue weighted by atomic mass is 10.2. The van der Waals surface area contributed by atoms with Crippen LogP contribution < -0.4 is 10.1 Å². The van der Waals surface area contributed by atoms with Gasteiger partial charge in [-0.2, -0.15) is 0 Å². The van der Waals surface area contributed by atoms with E-state index in [4.69, 9.17) is 24.5 Å². The minimum atomic E-state index is -1.82. The van der Waals surface area contributed by atoms with Crippen LogP contribution in [0.3, 0.4) is 0 Å². The van der Waals surface area contributed by atoms with E-state index in [0.717, 1.165) is 18.8 Å². The van der Waals surface area contributed by atoms with E-state index in [2.05, 4.69) is 22.4 Å². The number of carboxylic acids is 2. The molecule has 3 N–H and O–H groups in total. The SMILES string of the molecule is COc1ccccc1CNCc1cccnc1.O=C(O)C(=O)O. The van der Waals surface area contributed by atoms with E-state index in [0.29, 0.717) is 0 Å². The Balaban J connectivity index is 0.000000379. The van der Waals surface area contributed by atoms with Gasteiger partial charge in [-0.1, -0.05) is 24.3 Å². The van der Waals surface area contributed by atoms with Gasteiger partial charge in [0.15, 0.2) is 0 Å². The molecule has 2 aromatic rings. The molecule has 0 atom stereocenters. The number of nitrogens with one attached hydrogen (secondary N) is 1. The summed E-state index contributed by atoms with van der Waals surface area (Å²) in [5, 5.41) is 18.2. The largest absolute Gasteiger partial charge is 0.496 e. The fraction of sp³-hybridized carbons (Fsp3) is 0.188. The second kappa shape index (κ2) is 9.91. The zero-order valence-electron chi connectivity index (χ0n) is 12.6.